The van der Waals surface area contributed by atoms with Gasteiger partial charge in [0.2, 0.25) is 0 Å². The minimum Gasteiger partial charge on any atom is -0.325 e. The van der Waals surface area contributed by atoms with Crippen LogP contribution in [0.2, 0.25) is 5.02 Å². The fourth-order valence-corrected chi connectivity index (χ4v) is 2.08. The van der Waals surface area contributed by atoms with Crippen LogP contribution < -0.4 is 5.73 Å². The van der Waals surface area contributed by atoms with E-state index in [0.29, 0.717) is 18.2 Å². The van der Waals surface area contributed by atoms with Crippen molar-refractivity contribution in [1.82, 2.24) is 15.0 Å². The van der Waals surface area contributed by atoms with E-state index in [4.69, 9.17) is 17.3 Å². The molecule has 1 aromatic carbocycles. The summed E-state index contributed by atoms with van der Waals surface area (Å²) in [7, 11) is 0. The van der Waals surface area contributed by atoms with Crippen LogP contribution in [0.3, 0.4) is 0 Å². The van der Waals surface area contributed by atoms with Gasteiger partial charge in [-0.15, -0.1) is 5.10 Å². The number of halogens is 2. The highest BCUT2D eigenvalue weighted by Crippen LogP contribution is 2.21. The lowest BCUT2D eigenvalue weighted by molar-refractivity contribution is 0.608. The van der Waals surface area contributed by atoms with Crippen LogP contribution in [0, 0.1) is 11.7 Å². The van der Waals surface area contributed by atoms with Gasteiger partial charge in [0, 0.05) is 6.54 Å². The van der Waals surface area contributed by atoms with Crippen LogP contribution in [0.1, 0.15) is 25.2 Å². The van der Waals surface area contributed by atoms with Gasteiger partial charge in [0.25, 0.3) is 0 Å². The molecule has 0 bridgehead atoms. The van der Waals surface area contributed by atoms with Gasteiger partial charge < -0.3 is 5.73 Å². The van der Waals surface area contributed by atoms with Crippen LogP contribution in [0.25, 0.3) is 5.69 Å². The number of nitrogens with zero attached hydrogens (tertiary/aromatic N) is 3. The lowest BCUT2D eigenvalue weighted by Gasteiger charge is -2.10. The molecule has 2 aromatic rings. The third-order valence-electron chi connectivity index (χ3n) is 2.79. The van der Waals surface area contributed by atoms with Crippen molar-refractivity contribution in [1.29, 1.82) is 0 Å². The second-order valence-corrected chi connectivity index (χ2v) is 5.20. The summed E-state index contributed by atoms with van der Waals surface area (Å²) in [5, 5.41) is 8.22. The normalized spacial score (nSPS) is 11.3. The monoisotopic (exact) mass is 282 g/mol. The molecule has 102 valence electrons. The van der Waals surface area contributed by atoms with Gasteiger partial charge in [-0.2, -0.15) is 0 Å². The minimum atomic E-state index is -0.449. The average molecular weight is 283 g/mol. The van der Waals surface area contributed by atoms with E-state index in [1.165, 1.54) is 12.1 Å². The molecule has 0 amide bonds. The molecule has 0 aliphatic carbocycles. The molecule has 19 heavy (non-hydrogen) atoms. The van der Waals surface area contributed by atoms with Crippen LogP contribution in [0.4, 0.5) is 4.39 Å². The van der Waals surface area contributed by atoms with Gasteiger partial charge >= 0.3 is 0 Å². The van der Waals surface area contributed by atoms with Gasteiger partial charge in [0.15, 0.2) is 0 Å². The lowest BCUT2D eigenvalue weighted by Crippen LogP contribution is -2.09. The van der Waals surface area contributed by atoms with Crippen molar-refractivity contribution < 1.29 is 4.39 Å². The molecule has 0 spiro atoms. The van der Waals surface area contributed by atoms with E-state index in [0.717, 1.165) is 17.8 Å². The van der Waals surface area contributed by atoms with Crippen molar-refractivity contribution >= 4 is 11.6 Å². The minimum absolute atomic E-state index is 0.0674. The quantitative estimate of drug-likeness (QED) is 0.938. The molecule has 0 saturated heterocycles. The smallest absolute Gasteiger partial charge is 0.141 e. The summed E-state index contributed by atoms with van der Waals surface area (Å²) in [5.41, 5.74) is 8.06. The second-order valence-electron chi connectivity index (χ2n) is 4.80. The number of benzene rings is 1. The first kappa shape index (κ1) is 14.0. The molecule has 0 aliphatic heterocycles. The Hall–Kier alpha value is -1.46. The summed E-state index contributed by atoms with van der Waals surface area (Å²) in [6, 6.07) is 4.48. The van der Waals surface area contributed by atoms with Crippen LogP contribution in [-0.2, 0) is 13.0 Å². The Labute approximate surface area is 116 Å². The van der Waals surface area contributed by atoms with Gasteiger partial charge in [-0.25, -0.2) is 9.07 Å². The van der Waals surface area contributed by atoms with Crippen molar-refractivity contribution in [3.63, 3.8) is 0 Å². The van der Waals surface area contributed by atoms with Gasteiger partial charge in [-0.05, 0) is 30.5 Å². The van der Waals surface area contributed by atoms with Crippen LogP contribution >= 0.6 is 11.6 Å². The molecule has 1 heterocycles. The molecule has 0 radical (unpaired) electrons. The number of nitrogens with two attached hydrogens (primary N) is 1. The van der Waals surface area contributed by atoms with Gasteiger partial charge in [0.05, 0.1) is 22.1 Å². The number of rotatable bonds is 4. The average Bonchev–Trinajstić information content (AvgIpc) is 2.75. The maximum atomic E-state index is 13.2. The Morgan fingerprint density at radius 1 is 1.42 bits per heavy atom. The molecule has 2 N–H and O–H groups in total. The van der Waals surface area contributed by atoms with Gasteiger partial charge in [-0.1, -0.05) is 30.7 Å². The fourth-order valence-electron chi connectivity index (χ4n) is 1.91. The maximum absolute atomic E-state index is 13.2. The first-order valence-electron chi connectivity index (χ1n) is 6.12. The standard InChI is InChI=1S/C13H16ClFN4/c1-8(2)5-13-12(7-16)17-18-19(13)9-3-4-11(15)10(14)6-9/h3-4,6,8H,5,7,16H2,1-2H3. The highest BCUT2D eigenvalue weighted by Gasteiger charge is 2.15. The van der Waals surface area contributed by atoms with Crippen molar-refractivity contribution in [2.75, 3.05) is 0 Å². The maximum Gasteiger partial charge on any atom is 0.141 e. The topological polar surface area (TPSA) is 56.7 Å². The predicted molar refractivity (Wildman–Crippen MR) is 72.8 cm³/mol. The summed E-state index contributed by atoms with van der Waals surface area (Å²) >= 11 is 5.80. The lowest BCUT2D eigenvalue weighted by atomic mass is 10.1. The third-order valence-corrected chi connectivity index (χ3v) is 3.08. The fraction of sp³-hybridized carbons (Fsp3) is 0.385. The molecular formula is C13H16ClFN4. The Bertz CT molecular complexity index is 580. The predicted octanol–water partition coefficient (Wildman–Crippen LogP) is 2.72. The zero-order chi connectivity index (χ0) is 14.0. The second kappa shape index (κ2) is 5.67. The third kappa shape index (κ3) is 2.93. The van der Waals surface area contributed by atoms with Gasteiger partial charge in [0.1, 0.15) is 5.82 Å². The molecule has 6 heteroatoms. The first-order valence-corrected chi connectivity index (χ1v) is 6.49. The summed E-state index contributed by atoms with van der Waals surface area (Å²) in [5.74, 6) is -0.00606. The highest BCUT2D eigenvalue weighted by molar-refractivity contribution is 6.30. The van der Waals surface area contributed by atoms with Crippen molar-refractivity contribution in [2.45, 2.75) is 26.8 Å². The number of hydrogen-bond donors (Lipinski definition) is 1. The van der Waals surface area contributed by atoms with E-state index in [1.807, 2.05) is 0 Å². The summed E-state index contributed by atoms with van der Waals surface area (Å²) in [4.78, 5) is 0. The van der Waals surface area contributed by atoms with Crippen molar-refractivity contribution in [2.24, 2.45) is 11.7 Å². The Morgan fingerprint density at radius 3 is 2.74 bits per heavy atom. The number of aromatic nitrogens is 3. The largest absolute Gasteiger partial charge is 0.325 e. The molecular weight excluding hydrogens is 267 g/mol. The SMILES string of the molecule is CC(C)Cc1c(CN)nnn1-c1ccc(F)c(Cl)c1. The summed E-state index contributed by atoms with van der Waals surface area (Å²) in [6.45, 7) is 4.54. The Kier molecular flexibility index (Phi) is 4.17. The van der Waals surface area contributed by atoms with E-state index in [-0.39, 0.29) is 5.02 Å². The molecule has 0 atom stereocenters. The molecule has 2 rings (SSSR count). The molecule has 0 fully saturated rings. The van der Waals surface area contributed by atoms with E-state index < -0.39 is 5.82 Å². The molecule has 0 saturated carbocycles. The van der Waals surface area contributed by atoms with E-state index in [9.17, 15) is 4.39 Å². The van der Waals surface area contributed by atoms with Gasteiger partial charge in [-0.3, -0.25) is 0 Å². The van der Waals surface area contributed by atoms with E-state index in [1.54, 1.807) is 10.7 Å². The van der Waals surface area contributed by atoms with Crippen molar-refractivity contribution in [3.8, 4) is 5.69 Å². The zero-order valence-corrected chi connectivity index (χ0v) is 11.7. The highest BCUT2D eigenvalue weighted by atomic mass is 35.5. The molecule has 0 aliphatic rings. The Balaban J connectivity index is 2.48. The van der Waals surface area contributed by atoms with E-state index >= 15 is 0 Å². The van der Waals surface area contributed by atoms with Crippen LogP contribution in [0.15, 0.2) is 18.2 Å². The zero-order valence-electron chi connectivity index (χ0n) is 10.9. The molecule has 4 nitrogen and oxygen atoms in total. The summed E-state index contributed by atoms with van der Waals surface area (Å²) < 4.78 is 14.9. The summed E-state index contributed by atoms with van der Waals surface area (Å²) in [6.07, 6.45) is 0.800. The van der Waals surface area contributed by atoms with Crippen molar-refractivity contribution in [3.05, 3.63) is 40.4 Å². The van der Waals surface area contributed by atoms with Crippen LogP contribution in [-0.4, -0.2) is 15.0 Å². The molecule has 1 aromatic heterocycles. The van der Waals surface area contributed by atoms with E-state index in [2.05, 4.69) is 24.2 Å². The van der Waals surface area contributed by atoms with Crippen LogP contribution in [0.5, 0.6) is 0 Å². The molecule has 0 unspecified atom stereocenters. The first-order chi connectivity index (χ1) is 9.02. The number of hydrogen-bond acceptors (Lipinski definition) is 3. The Morgan fingerprint density at radius 2 is 2.16 bits per heavy atom.